The minimum Gasteiger partial charge on any atom is -0.495 e. The summed E-state index contributed by atoms with van der Waals surface area (Å²) >= 11 is 0. The lowest BCUT2D eigenvalue weighted by Crippen LogP contribution is -2.18. The summed E-state index contributed by atoms with van der Waals surface area (Å²) in [5, 5.41) is 6.60. The largest absolute Gasteiger partial charge is 0.495 e. The van der Waals surface area contributed by atoms with Crippen molar-refractivity contribution in [2.75, 3.05) is 25.3 Å². The molecule has 1 heterocycles. The molecule has 164 valence electrons. The van der Waals surface area contributed by atoms with Crippen LogP contribution in [0.1, 0.15) is 17.7 Å². The van der Waals surface area contributed by atoms with Gasteiger partial charge in [0.15, 0.2) is 15.6 Å². The van der Waals surface area contributed by atoms with Crippen LogP contribution in [0.3, 0.4) is 0 Å². The highest BCUT2D eigenvalue weighted by molar-refractivity contribution is 7.91. The van der Waals surface area contributed by atoms with Gasteiger partial charge in [-0.05, 0) is 44.2 Å². The SMILES string of the molecule is COc1ccccc1NC(=O)CCS(=O)(=O)c1cc(-c2onc(C)c2C)ccc1OC. The van der Waals surface area contributed by atoms with E-state index in [0.29, 0.717) is 22.8 Å². The molecule has 0 saturated heterocycles. The average molecular weight is 445 g/mol. The van der Waals surface area contributed by atoms with E-state index < -0.39 is 15.7 Å². The lowest BCUT2D eigenvalue weighted by Gasteiger charge is -2.12. The second-order valence-corrected chi connectivity index (χ2v) is 8.98. The van der Waals surface area contributed by atoms with Crippen molar-refractivity contribution in [2.24, 2.45) is 0 Å². The van der Waals surface area contributed by atoms with Crippen LogP contribution < -0.4 is 14.8 Å². The molecule has 8 nitrogen and oxygen atoms in total. The number of hydrogen-bond donors (Lipinski definition) is 1. The molecule has 0 fully saturated rings. The molecule has 0 aliphatic heterocycles. The first kappa shape index (κ1) is 22.4. The summed E-state index contributed by atoms with van der Waals surface area (Å²) in [6, 6.07) is 11.7. The van der Waals surface area contributed by atoms with Crippen molar-refractivity contribution in [3.63, 3.8) is 0 Å². The summed E-state index contributed by atoms with van der Waals surface area (Å²) < 4.78 is 41.9. The second kappa shape index (κ2) is 9.22. The topological polar surface area (TPSA) is 108 Å². The highest BCUT2D eigenvalue weighted by Gasteiger charge is 2.23. The zero-order valence-corrected chi connectivity index (χ0v) is 18.6. The van der Waals surface area contributed by atoms with Crippen molar-refractivity contribution in [1.82, 2.24) is 5.16 Å². The number of ether oxygens (including phenoxy) is 2. The van der Waals surface area contributed by atoms with Gasteiger partial charge in [-0.25, -0.2) is 8.42 Å². The van der Waals surface area contributed by atoms with Gasteiger partial charge < -0.3 is 19.3 Å². The Morgan fingerprint density at radius 3 is 2.42 bits per heavy atom. The van der Waals surface area contributed by atoms with Crippen LogP contribution in [0.4, 0.5) is 5.69 Å². The number of aryl methyl sites for hydroxylation is 1. The maximum absolute atomic E-state index is 13.0. The summed E-state index contributed by atoms with van der Waals surface area (Å²) in [6.07, 6.45) is -0.228. The molecule has 1 N–H and O–H groups in total. The van der Waals surface area contributed by atoms with Gasteiger partial charge in [0, 0.05) is 17.5 Å². The molecule has 0 radical (unpaired) electrons. The highest BCUT2D eigenvalue weighted by Crippen LogP contribution is 2.33. The minimum absolute atomic E-state index is 0.00829. The third kappa shape index (κ3) is 4.88. The van der Waals surface area contributed by atoms with E-state index in [-0.39, 0.29) is 22.8 Å². The van der Waals surface area contributed by atoms with E-state index in [2.05, 4.69) is 10.5 Å². The Morgan fingerprint density at radius 2 is 1.77 bits per heavy atom. The summed E-state index contributed by atoms with van der Waals surface area (Å²) in [4.78, 5) is 12.4. The number of carbonyl (C=O) groups is 1. The van der Waals surface area contributed by atoms with E-state index in [9.17, 15) is 13.2 Å². The number of amides is 1. The monoisotopic (exact) mass is 444 g/mol. The van der Waals surface area contributed by atoms with Crippen molar-refractivity contribution in [2.45, 2.75) is 25.2 Å². The summed E-state index contributed by atoms with van der Waals surface area (Å²) in [6.45, 7) is 3.66. The molecule has 1 aromatic heterocycles. The predicted molar refractivity (Wildman–Crippen MR) is 116 cm³/mol. The van der Waals surface area contributed by atoms with Crippen LogP contribution in [-0.4, -0.2) is 39.5 Å². The summed E-state index contributed by atoms with van der Waals surface area (Å²) in [7, 11) is -0.934. The standard InChI is InChI=1S/C22H24N2O6S/c1-14-15(2)24-30-22(14)16-9-10-19(29-4)20(13-16)31(26,27)12-11-21(25)23-17-7-5-6-8-18(17)28-3/h5-10,13H,11-12H2,1-4H3,(H,23,25). The summed E-state index contributed by atoms with van der Waals surface area (Å²) in [5.74, 6) is 0.353. The lowest BCUT2D eigenvalue weighted by molar-refractivity contribution is -0.115. The fourth-order valence-corrected chi connectivity index (χ4v) is 4.48. The van der Waals surface area contributed by atoms with Gasteiger partial charge in [0.05, 0.1) is 31.4 Å². The second-order valence-electron chi connectivity index (χ2n) is 6.91. The number of carbonyl (C=O) groups excluding carboxylic acids is 1. The molecule has 9 heteroatoms. The molecule has 0 spiro atoms. The van der Waals surface area contributed by atoms with E-state index in [4.69, 9.17) is 14.0 Å². The van der Waals surface area contributed by atoms with Crippen molar-refractivity contribution in [1.29, 1.82) is 0 Å². The number of benzene rings is 2. The molecular formula is C22H24N2O6S. The van der Waals surface area contributed by atoms with E-state index in [1.54, 1.807) is 36.4 Å². The first-order valence-corrected chi connectivity index (χ1v) is 11.2. The molecule has 31 heavy (non-hydrogen) atoms. The Balaban J connectivity index is 1.81. The van der Waals surface area contributed by atoms with Crippen LogP contribution in [0.25, 0.3) is 11.3 Å². The fourth-order valence-electron chi connectivity index (χ4n) is 3.04. The van der Waals surface area contributed by atoms with Crippen LogP contribution in [0, 0.1) is 13.8 Å². The van der Waals surface area contributed by atoms with Gasteiger partial charge in [-0.2, -0.15) is 0 Å². The third-order valence-electron chi connectivity index (χ3n) is 4.90. The first-order chi connectivity index (χ1) is 14.8. The van der Waals surface area contributed by atoms with Crippen LogP contribution in [0.15, 0.2) is 51.9 Å². The van der Waals surface area contributed by atoms with Crippen LogP contribution in [0.5, 0.6) is 11.5 Å². The number of rotatable bonds is 8. The number of methoxy groups -OCH3 is 2. The van der Waals surface area contributed by atoms with Gasteiger partial charge in [-0.1, -0.05) is 17.3 Å². The number of nitrogens with zero attached hydrogens (tertiary/aromatic N) is 1. The van der Waals surface area contributed by atoms with Gasteiger partial charge in [-0.15, -0.1) is 0 Å². The lowest BCUT2D eigenvalue weighted by atomic mass is 10.1. The van der Waals surface area contributed by atoms with E-state index in [1.165, 1.54) is 20.3 Å². The Labute approximate surface area is 181 Å². The molecule has 1 amide bonds. The number of sulfone groups is 1. The van der Waals surface area contributed by atoms with Crippen LogP contribution >= 0.6 is 0 Å². The molecule has 0 aliphatic rings. The van der Waals surface area contributed by atoms with Crippen LogP contribution in [-0.2, 0) is 14.6 Å². The molecule has 2 aromatic carbocycles. The van der Waals surface area contributed by atoms with E-state index in [0.717, 1.165) is 11.3 Å². The Kier molecular flexibility index (Phi) is 6.65. The Morgan fingerprint density at radius 1 is 1.06 bits per heavy atom. The van der Waals surface area contributed by atoms with Crippen molar-refractivity contribution in [3.8, 4) is 22.8 Å². The molecular weight excluding hydrogens is 420 g/mol. The maximum Gasteiger partial charge on any atom is 0.225 e. The highest BCUT2D eigenvalue weighted by atomic mass is 32.2. The zero-order valence-electron chi connectivity index (χ0n) is 17.8. The van der Waals surface area contributed by atoms with Gasteiger partial charge in [0.25, 0.3) is 0 Å². The predicted octanol–water partition coefficient (Wildman–Crippen LogP) is 3.78. The van der Waals surface area contributed by atoms with Crippen molar-refractivity contribution in [3.05, 3.63) is 53.7 Å². The van der Waals surface area contributed by atoms with Gasteiger partial charge >= 0.3 is 0 Å². The number of para-hydroxylation sites is 2. The average Bonchev–Trinajstić information content (AvgIpc) is 3.10. The smallest absolute Gasteiger partial charge is 0.225 e. The van der Waals surface area contributed by atoms with Gasteiger partial charge in [-0.3, -0.25) is 4.79 Å². The summed E-state index contributed by atoms with van der Waals surface area (Å²) in [5.41, 5.74) is 2.59. The fraction of sp³-hybridized carbons (Fsp3) is 0.273. The quantitative estimate of drug-likeness (QED) is 0.563. The first-order valence-electron chi connectivity index (χ1n) is 9.53. The maximum atomic E-state index is 13.0. The zero-order chi connectivity index (χ0) is 22.6. The molecule has 3 rings (SSSR count). The number of aromatic nitrogens is 1. The van der Waals surface area contributed by atoms with E-state index in [1.807, 2.05) is 13.8 Å². The number of anilines is 1. The van der Waals surface area contributed by atoms with Crippen molar-refractivity contribution >= 4 is 21.4 Å². The number of nitrogens with one attached hydrogen (secondary N) is 1. The third-order valence-corrected chi connectivity index (χ3v) is 6.63. The molecule has 0 atom stereocenters. The van der Waals surface area contributed by atoms with Gasteiger partial charge in [0.1, 0.15) is 16.4 Å². The van der Waals surface area contributed by atoms with E-state index >= 15 is 0 Å². The Hall–Kier alpha value is -3.33. The molecule has 0 saturated carbocycles. The van der Waals surface area contributed by atoms with Crippen LogP contribution in [0.2, 0.25) is 0 Å². The van der Waals surface area contributed by atoms with Crippen molar-refractivity contribution < 1.29 is 27.2 Å². The number of hydrogen-bond acceptors (Lipinski definition) is 7. The molecule has 0 bridgehead atoms. The molecule has 0 aliphatic carbocycles. The Bertz CT molecular complexity index is 1200. The van der Waals surface area contributed by atoms with Gasteiger partial charge in [0.2, 0.25) is 5.91 Å². The normalized spacial score (nSPS) is 11.2. The molecule has 0 unspecified atom stereocenters. The minimum atomic E-state index is -3.82. The molecule has 3 aromatic rings.